The highest BCUT2D eigenvalue weighted by molar-refractivity contribution is 5.66. The predicted octanol–water partition coefficient (Wildman–Crippen LogP) is 1.77. The van der Waals surface area contributed by atoms with Crippen LogP contribution in [-0.2, 0) is 6.18 Å². The predicted molar refractivity (Wildman–Crippen MR) is 66.6 cm³/mol. The van der Waals surface area contributed by atoms with Crippen LogP contribution >= 0.6 is 0 Å². The van der Waals surface area contributed by atoms with Gasteiger partial charge in [0.15, 0.2) is 0 Å². The van der Waals surface area contributed by atoms with Gasteiger partial charge in [-0.2, -0.15) is 13.2 Å². The largest absolute Gasteiger partial charge is 0.496 e. The van der Waals surface area contributed by atoms with Crippen molar-refractivity contribution in [3.8, 4) is 5.75 Å². The van der Waals surface area contributed by atoms with Gasteiger partial charge in [0.1, 0.15) is 5.75 Å². The molecule has 0 aliphatic carbocycles. The average Bonchev–Trinajstić information content (AvgIpc) is 2.33. The molecule has 104 valence electrons. The molecule has 0 aliphatic heterocycles. The zero-order chi connectivity index (χ0) is 14.6. The standard InChI is InChI=1S/C12H14F3N3O/c1-19-10-6-7(9(16)4-5-11(17)18)2-3-8(10)12(13,14)15/h2-6H,16-18H2,1H3/b9-4-. The Morgan fingerprint density at radius 3 is 2.26 bits per heavy atom. The number of hydrogen-bond acceptors (Lipinski definition) is 4. The van der Waals surface area contributed by atoms with E-state index < -0.39 is 11.7 Å². The Hall–Kier alpha value is -2.31. The molecule has 0 radical (unpaired) electrons. The van der Waals surface area contributed by atoms with Crippen molar-refractivity contribution in [1.29, 1.82) is 0 Å². The van der Waals surface area contributed by atoms with Crippen molar-refractivity contribution >= 4 is 5.70 Å². The van der Waals surface area contributed by atoms with Gasteiger partial charge in [-0.25, -0.2) is 0 Å². The lowest BCUT2D eigenvalue weighted by Crippen LogP contribution is -2.09. The lowest BCUT2D eigenvalue weighted by Gasteiger charge is -2.13. The fourth-order valence-corrected chi connectivity index (χ4v) is 1.39. The van der Waals surface area contributed by atoms with Gasteiger partial charge >= 0.3 is 6.18 Å². The van der Waals surface area contributed by atoms with Gasteiger partial charge in [-0.1, -0.05) is 6.07 Å². The first-order chi connectivity index (χ1) is 8.75. The number of rotatable bonds is 3. The van der Waals surface area contributed by atoms with Gasteiger partial charge in [-0.15, -0.1) is 0 Å². The zero-order valence-electron chi connectivity index (χ0n) is 10.2. The summed E-state index contributed by atoms with van der Waals surface area (Å²) >= 11 is 0. The van der Waals surface area contributed by atoms with E-state index >= 15 is 0 Å². The molecule has 0 fully saturated rings. The summed E-state index contributed by atoms with van der Waals surface area (Å²) in [5.41, 5.74) is 15.9. The fraction of sp³-hybridized carbons (Fsp3) is 0.167. The van der Waals surface area contributed by atoms with Crippen LogP contribution in [0.25, 0.3) is 5.70 Å². The Balaban J connectivity index is 3.21. The summed E-state index contributed by atoms with van der Waals surface area (Å²) in [6.45, 7) is 0. The second-order valence-electron chi connectivity index (χ2n) is 3.70. The van der Waals surface area contributed by atoms with Crippen LogP contribution in [0.2, 0.25) is 0 Å². The molecule has 0 unspecified atom stereocenters. The highest BCUT2D eigenvalue weighted by atomic mass is 19.4. The Labute approximate surface area is 108 Å². The zero-order valence-corrected chi connectivity index (χ0v) is 10.2. The average molecular weight is 273 g/mol. The van der Waals surface area contributed by atoms with E-state index in [0.717, 1.165) is 13.2 Å². The number of methoxy groups -OCH3 is 1. The van der Waals surface area contributed by atoms with Gasteiger partial charge in [-0.3, -0.25) is 0 Å². The maximum absolute atomic E-state index is 12.7. The summed E-state index contributed by atoms with van der Waals surface area (Å²) < 4.78 is 42.7. The van der Waals surface area contributed by atoms with E-state index in [1.165, 1.54) is 24.3 Å². The summed E-state index contributed by atoms with van der Waals surface area (Å²) in [4.78, 5) is 0. The minimum Gasteiger partial charge on any atom is -0.496 e. The molecule has 0 saturated carbocycles. The smallest absolute Gasteiger partial charge is 0.419 e. The lowest BCUT2D eigenvalue weighted by molar-refractivity contribution is -0.138. The van der Waals surface area contributed by atoms with Gasteiger partial charge in [-0.05, 0) is 24.3 Å². The summed E-state index contributed by atoms with van der Waals surface area (Å²) in [6.07, 6.45) is -1.74. The molecular formula is C12H14F3N3O. The van der Waals surface area contributed by atoms with E-state index in [-0.39, 0.29) is 17.3 Å². The maximum Gasteiger partial charge on any atom is 0.419 e. The molecule has 0 saturated heterocycles. The molecule has 1 aromatic rings. The molecule has 19 heavy (non-hydrogen) atoms. The summed E-state index contributed by atoms with van der Waals surface area (Å²) in [7, 11) is 1.16. The minimum atomic E-state index is -4.48. The van der Waals surface area contributed by atoms with E-state index in [4.69, 9.17) is 21.9 Å². The molecule has 0 aromatic heterocycles. The monoisotopic (exact) mass is 273 g/mol. The van der Waals surface area contributed by atoms with Crippen molar-refractivity contribution in [2.24, 2.45) is 17.2 Å². The van der Waals surface area contributed by atoms with Gasteiger partial charge in [0, 0.05) is 11.3 Å². The number of halogens is 3. The van der Waals surface area contributed by atoms with Crippen molar-refractivity contribution in [2.45, 2.75) is 6.18 Å². The number of alkyl halides is 3. The molecule has 6 N–H and O–H groups in total. The minimum absolute atomic E-state index is 0.0434. The highest BCUT2D eigenvalue weighted by Crippen LogP contribution is 2.37. The molecule has 1 rings (SSSR count). The van der Waals surface area contributed by atoms with Crippen LogP contribution in [0.1, 0.15) is 11.1 Å². The third kappa shape index (κ3) is 3.84. The first-order valence-electron chi connectivity index (χ1n) is 5.19. The molecule has 1 aromatic carbocycles. The summed E-state index contributed by atoms with van der Waals surface area (Å²) in [5.74, 6) is -0.257. The van der Waals surface area contributed by atoms with E-state index in [1.807, 2.05) is 0 Å². The number of allylic oxidation sites excluding steroid dienone is 2. The van der Waals surface area contributed by atoms with Crippen molar-refractivity contribution in [2.75, 3.05) is 7.11 Å². The van der Waals surface area contributed by atoms with Crippen molar-refractivity contribution in [3.05, 3.63) is 47.3 Å². The number of hydrogen-bond donors (Lipinski definition) is 3. The van der Waals surface area contributed by atoms with E-state index in [1.54, 1.807) is 0 Å². The quantitative estimate of drug-likeness (QED) is 0.732. The molecule has 0 heterocycles. The molecular weight excluding hydrogens is 259 g/mol. The molecule has 0 atom stereocenters. The second-order valence-corrected chi connectivity index (χ2v) is 3.70. The number of nitrogens with two attached hydrogens (primary N) is 3. The number of benzene rings is 1. The maximum atomic E-state index is 12.7. The Morgan fingerprint density at radius 1 is 1.16 bits per heavy atom. The van der Waals surface area contributed by atoms with Crippen LogP contribution < -0.4 is 21.9 Å². The molecule has 0 amide bonds. The molecule has 7 heteroatoms. The van der Waals surface area contributed by atoms with Crippen LogP contribution in [0.5, 0.6) is 5.75 Å². The SMILES string of the molecule is COc1cc(/C(N)=C/C=C(N)N)ccc1C(F)(F)F. The molecule has 0 spiro atoms. The fourth-order valence-electron chi connectivity index (χ4n) is 1.39. The van der Waals surface area contributed by atoms with E-state index in [0.29, 0.717) is 5.56 Å². The molecule has 0 aliphatic rings. The Kier molecular flexibility index (Phi) is 4.31. The Bertz CT molecular complexity index is 517. The number of ether oxygens (including phenoxy) is 1. The van der Waals surface area contributed by atoms with Crippen molar-refractivity contribution in [1.82, 2.24) is 0 Å². The van der Waals surface area contributed by atoms with Crippen LogP contribution in [0.15, 0.2) is 36.2 Å². The third-order valence-electron chi connectivity index (χ3n) is 2.30. The Morgan fingerprint density at radius 2 is 1.79 bits per heavy atom. The first-order valence-corrected chi connectivity index (χ1v) is 5.19. The summed E-state index contributed by atoms with van der Waals surface area (Å²) in [6, 6.07) is 3.36. The van der Waals surface area contributed by atoms with Gasteiger partial charge in [0.05, 0.1) is 18.5 Å². The van der Waals surface area contributed by atoms with E-state index in [9.17, 15) is 13.2 Å². The second kappa shape index (κ2) is 5.55. The topological polar surface area (TPSA) is 87.3 Å². The van der Waals surface area contributed by atoms with E-state index in [2.05, 4.69) is 0 Å². The summed E-state index contributed by atoms with van der Waals surface area (Å²) in [5, 5.41) is 0. The van der Waals surface area contributed by atoms with Gasteiger partial charge in [0.2, 0.25) is 0 Å². The third-order valence-corrected chi connectivity index (χ3v) is 2.30. The molecule has 0 bridgehead atoms. The van der Waals surface area contributed by atoms with Crippen LogP contribution in [0.3, 0.4) is 0 Å². The lowest BCUT2D eigenvalue weighted by atomic mass is 10.1. The van der Waals surface area contributed by atoms with Crippen molar-refractivity contribution in [3.63, 3.8) is 0 Å². The van der Waals surface area contributed by atoms with Gasteiger partial charge < -0.3 is 21.9 Å². The molecule has 4 nitrogen and oxygen atoms in total. The van der Waals surface area contributed by atoms with Crippen LogP contribution in [0.4, 0.5) is 13.2 Å². The van der Waals surface area contributed by atoms with Crippen LogP contribution in [-0.4, -0.2) is 7.11 Å². The van der Waals surface area contributed by atoms with Crippen molar-refractivity contribution < 1.29 is 17.9 Å². The first kappa shape index (κ1) is 14.7. The van der Waals surface area contributed by atoms with Gasteiger partial charge in [0.25, 0.3) is 0 Å². The highest BCUT2D eigenvalue weighted by Gasteiger charge is 2.34. The van der Waals surface area contributed by atoms with Crippen LogP contribution in [0, 0.1) is 0 Å². The normalized spacial score (nSPS) is 12.1.